The summed E-state index contributed by atoms with van der Waals surface area (Å²) in [6.07, 6.45) is 7.27. The van der Waals surface area contributed by atoms with Crippen LogP contribution in [-0.2, 0) is 6.54 Å². The molecule has 0 saturated heterocycles. The normalized spacial score (nSPS) is 33.2. The Morgan fingerprint density at radius 3 is 2.17 bits per heavy atom. The van der Waals surface area contributed by atoms with E-state index in [0.29, 0.717) is 22.6 Å². The molecule has 4 bridgehead atoms. The van der Waals surface area contributed by atoms with Gasteiger partial charge in [0.05, 0.1) is 19.2 Å². The van der Waals surface area contributed by atoms with E-state index in [2.05, 4.69) is 5.32 Å². The Morgan fingerprint density at radius 1 is 1.00 bits per heavy atom. The summed E-state index contributed by atoms with van der Waals surface area (Å²) in [6, 6.07) is 4.72. The summed E-state index contributed by atoms with van der Waals surface area (Å²) in [5.74, 6) is 5.15. The molecule has 0 radical (unpaired) electrons. The van der Waals surface area contributed by atoms with Crippen molar-refractivity contribution in [3.05, 3.63) is 22.7 Å². The average Bonchev–Trinajstić information content (AvgIpc) is 2.53. The molecule has 4 fully saturated rings. The first-order valence-electron chi connectivity index (χ1n) is 8.81. The summed E-state index contributed by atoms with van der Waals surface area (Å²) in [4.78, 5) is 0. The lowest BCUT2D eigenvalue weighted by Gasteiger charge is -2.54. The van der Waals surface area contributed by atoms with E-state index in [0.717, 1.165) is 30.2 Å². The molecule has 4 aliphatic rings. The summed E-state index contributed by atoms with van der Waals surface area (Å²) >= 11 is 6.32. The van der Waals surface area contributed by atoms with E-state index >= 15 is 0 Å². The molecule has 5 rings (SSSR count). The second-order valence-corrected chi connectivity index (χ2v) is 8.06. The molecule has 1 N–H and O–H groups in total. The van der Waals surface area contributed by atoms with Crippen molar-refractivity contribution in [2.45, 2.75) is 44.7 Å². The lowest BCUT2D eigenvalue weighted by atomic mass is 9.54. The molecule has 0 atom stereocenters. The fourth-order valence-corrected chi connectivity index (χ4v) is 5.88. The van der Waals surface area contributed by atoms with Gasteiger partial charge in [0, 0.05) is 12.6 Å². The van der Waals surface area contributed by atoms with Crippen molar-refractivity contribution in [3.8, 4) is 11.5 Å². The van der Waals surface area contributed by atoms with Crippen LogP contribution in [0.3, 0.4) is 0 Å². The zero-order valence-corrected chi connectivity index (χ0v) is 16.0. The lowest BCUT2D eigenvalue weighted by molar-refractivity contribution is -0.0142. The molecular formula is C19H27Cl2NO2. The number of methoxy groups -OCH3 is 2. The number of hydrogen-bond acceptors (Lipinski definition) is 3. The Bertz CT molecular complexity index is 565. The van der Waals surface area contributed by atoms with Gasteiger partial charge in [-0.25, -0.2) is 0 Å². The van der Waals surface area contributed by atoms with Gasteiger partial charge in [-0.2, -0.15) is 0 Å². The second-order valence-electron chi connectivity index (χ2n) is 7.65. The maximum atomic E-state index is 6.32. The van der Waals surface area contributed by atoms with E-state index in [1.807, 2.05) is 12.1 Å². The summed E-state index contributed by atoms with van der Waals surface area (Å²) in [6.45, 7) is 0.854. The van der Waals surface area contributed by atoms with E-state index in [1.165, 1.54) is 37.7 Å². The minimum atomic E-state index is 0. The summed E-state index contributed by atoms with van der Waals surface area (Å²) in [7, 11) is 3.28. The molecule has 4 aliphatic carbocycles. The minimum absolute atomic E-state index is 0. The summed E-state index contributed by atoms with van der Waals surface area (Å²) in [5.41, 5.74) is 1.17. The molecule has 0 unspecified atom stereocenters. The van der Waals surface area contributed by atoms with Gasteiger partial charge >= 0.3 is 0 Å². The fourth-order valence-electron chi connectivity index (χ4n) is 5.57. The first-order chi connectivity index (χ1) is 11.2. The smallest absolute Gasteiger partial charge is 0.179 e. The maximum absolute atomic E-state index is 6.32. The van der Waals surface area contributed by atoms with Crippen molar-refractivity contribution in [3.63, 3.8) is 0 Å². The van der Waals surface area contributed by atoms with Crippen molar-refractivity contribution in [1.82, 2.24) is 5.32 Å². The van der Waals surface area contributed by atoms with Gasteiger partial charge in [-0.3, -0.25) is 0 Å². The SMILES string of the molecule is COc1cc(CNC2C3CC4CC(C3)CC2C4)cc(Cl)c1OC.Cl. The van der Waals surface area contributed by atoms with E-state index in [-0.39, 0.29) is 12.4 Å². The third kappa shape index (κ3) is 3.23. The van der Waals surface area contributed by atoms with Crippen LogP contribution in [0.4, 0.5) is 0 Å². The quantitative estimate of drug-likeness (QED) is 0.813. The zero-order chi connectivity index (χ0) is 16.0. The lowest BCUT2D eigenvalue weighted by Crippen LogP contribution is -2.54. The molecule has 3 nitrogen and oxygen atoms in total. The van der Waals surface area contributed by atoms with E-state index in [4.69, 9.17) is 21.1 Å². The van der Waals surface area contributed by atoms with Crippen LogP contribution < -0.4 is 14.8 Å². The number of ether oxygens (including phenoxy) is 2. The highest BCUT2D eigenvalue weighted by Crippen LogP contribution is 2.53. The summed E-state index contributed by atoms with van der Waals surface area (Å²) in [5, 5.41) is 4.46. The molecule has 1 aromatic carbocycles. The zero-order valence-electron chi connectivity index (χ0n) is 14.4. The standard InChI is InChI=1S/C19H26ClNO2.ClH/c1-22-17-9-13(8-16(20)19(17)23-2)10-21-18-14-4-11-3-12(6-14)7-15(18)5-11;/h8-9,11-12,14-15,18,21H,3-7,10H2,1-2H3;1H. The van der Waals surface area contributed by atoms with Gasteiger partial charge < -0.3 is 14.8 Å². The third-order valence-corrected chi connectivity index (χ3v) is 6.54. The fraction of sp³-hybridized carbons (Fsp3) is 0.684. The van der Waals surface area contributed by atoms with Crippen LogP contribution in [0.5, 0.6) is 11.5 Å². The number of nitrogens with one attached hydrogen (secondary N) is 1. The molecule has 134 valence electrons. The average molecular weight is 372 g/mol. The maximum Gasteiger partial charge on any atom is 0.179 e. The van der Waals surface area contributed by atoms with Crippen LogP contribution in [0.15, 0.2) is 12.1 Å². The summed E-state index contributed by atoms with van der Waals surface area (Å²) < 4.78 is 10.7. The molecule has 0 aromatic heterocycles. The predicted molar refractivity (Wildman–Crippen MR) is 99.5 cm³/mol. The van der Waals surface area contributed by atoms with E-state index in [9.17, 15) is 0 Å². The molecule has 4 saturated carbocycles. The first-order valence-corrected chi connectivity index (χ1v) is 9.19. The Morgan fingerprint density at radius 2 is 1.62 bits per heavy atom. The van der Waals surface area contributed by atoms with Crippen LogP contribution in [0.1, 0.15) is 37.7 Å². The highest BCUT2D eigenvalue weighted by Gasteiger charge is 2.47. The Balaban J connectivity index is 0.00000169. The van der Waals surface area contributed by atoms with Gasteiger partial charge in [-0.1, -0.05) is 11.6 Å². The van der Waals surface area contributed by atoms with Crippen LogP contribution in [-0.4, -0.2) is 20.3 Å². The number of hydrogen-bond donors (Lipinski definition) is 1. The minimum Gasteiger partial charge on any atom is -0.493 e. The number of benzene rings is 1. The van der Waals surface area contributed by atoms with E-state index in [1.54, 1.807) is 14.2 Å². The molecule has 0 aliphatic heterocycles. The van der Waals surface area contributed by atoms with Crippen LogP contribution >= 0.6 is 24.0 Å². The molecule has 5 heteroatoms. The van der Waals surface area contributed by atoms with Gasteiger partial charge in [-0.05, 0) is 73.5 Å². The van der Waals surface area contributed by atoms with Crippen LogP contribution in [0.2, 0.25) is 5.02 Å². The van der Waals surface area contributed by atoms with Crippen molar-refractivity contribution >= 4 is 24.0 Å². The van der Waals surface area contributed by atoms with Gasteiger partial charge in [0.1, 0.15) is 0 Å². The predicted octanol–water partition coefficient (Wildman–Crippen LogP) is 4.69. The monoisotopic (exact) mass is 371 g/mol. The Hall–Kier alpha value is -0.640. The topological polar surface area (TPSA) is 30.5 Å². The molecule has 0 spiro atoms. The van der Waals surface area contributed by atoms with Gasteiger partial charge in [0.25, 0.3) is 0 Å². The number of rotatable bonds is 5. The Labute approximate surface area is 155 Å². The van der Waals surface area contributed by atoms with Crippen LogP contribution in [0.25, 0.3) is 0 Å². The number of halogens is 2. The van der Waals surface area contributed by atoms with Gasteiger partial charge in [0.2, 0.25) is 0 Å². The highest BCUT2D eigenvalue weighted by molar-refractivity contribution is 6.32. The third-order valence-electron chi connectivity index (χ3n) is 6.26. The second kappa shape index (κ2) is 7.31. The molecular weight excluding hydrogens is 345 g/mol. The molecule has 0 heterocycles. The molecule has 0 amide bonds. The van der Waals surface area contributed by atoms with Crippen molar-refractivity contribution in [1.29, 1.82) is 0 Å². The van der Waals surface area contributed by atoms with Gasteiger partial charge in [-0.15, -0.1) is 12.4 Å². The Kier molecular flexibility index (Phi) is 5.53. The molecule has 24 heavy (non-hydrogen) atoms. The van der Waals surface area contributed by atoms with Crippen molar-refractivity contribution in [2.75, 3.05) is 14.2 Å². The van der Waals surface area contributed by atoms with Crippen LogP contribution in [0, 0.1) is 23.7 Å². The van der Waals surface area contributed by atoms with E-state index < -0.39 is 0 Å². The molecule has 1 aromatic rings. The largest absolute Gasteiger partial charge is 0.493 e. The van der Waals surface area contributed by atoms with Crippen molar-refractivity contribution < 1.29 is 9.47 Å². The van der Waals surface area contributed by atoms with Gasteiger partial charge in [0.15, 0.2) is 11.5 Å². The first kappa shape index (κ1) is 18.2. The van der Waals surface area contributed by atoms with Crippen molar-refractivity contribution in [2.24, 2.45) is 23.7 Å². The highest BCUT2D eigenvalue weighted by atomic mass is 35.5.